The summed E-state index contributed by atoms with van der Waals surface area (Å²) in [5, 5.41) is 18.9. The molecule has 1 unspecified atom stereocenters. The molecule has 0 fully saturated rings. The second-order valence-corrected chi connectivity index (χ2v) is 6.77. The summed E-state index contributed by atoms with van der Waals surface area (Å²) in [5.41, 5.74) is 3.88. The van der Waals surface area contributed by atoms with Gasteiger partial charge in [-0.3, -0.25) is 0 Å². The summed E-state index contributed by atoms with van der Waals surface area (Å²) in [6, 6.07) is 6.16. The third-order valence-corrected chi connectivity index (χ3v) is 4.43. The van der Waals surface area contributed by atoms with Crippen LogP contribution in [0.15, 0.2) is 18.2 Å². The average Bonchev–Trinajstić information content (AvgIpc) is 2.34. The van der Waals surface area contributed by atoms with E-state index in [1.165, 1.54) is 17.5 Å². The predicted molar refractivity (Wildman–Crippen MR) is 73.8 cm³/mol. The molecule has 1 aromatic carbocycles. The molecule has 18 heavy (non-hydrogen) atoms. The van der Waals surface area contributed by atoms with Gasteiger partial charge in [0.2, 0.25) is 0 Å². The smallest absolute Gasteiger partial charge is 0.102 e. The third kappa shape index (κ3) is 2.19. The van der Waals surface area contributed by atoms with Crippen LogP contribution in [0.2, 0.25) is 0 Å². The van der Waals surface area contributed by atoms with Crippen LogP contribution >= 0.6 is 0 Å². The van der Waals surface area contributed by atoms with Crippen molar-refractivity contribution in [3.8, 4) is 0 Å². The van der Waals surface area contributed by atoms with Gasteiger partial charge >= 0.3 is 0 Å². The molecule has 0 aliphatic heterocycles. The standard InChI is InChI=1S/C16H24O2/c1-15(2)7-8-16(3,4)13-9-11(14(18)10-17)5-6-12(13)15/h5-6,9,14,17-18H,7-8,10H2,1-4H3. The third-order valence-electron chi connectivity index (χ3n) is 4.43. The van der Waals surface area contributed by atoms with E-state index < -0.39 is 6.10 Å². The second kappa shape index (κ2) is 4.36. The molecule has 0 aromatic heterocycles. The first kappa shape index (κ1) is 13.6. The van der Waals surface area contributed by atoms with E-state index in [9.17, 15) is 5.11 Å². The van der Waals surface area contributed by atoms with Gasteiger partial charge in [0.15, 0.2) is 0 Å². The van der Waals surface area contributed by atoms with Crippen LogP contribution in [0.1, 0.15) is 63.3 Å². The Hall–Kier alpha value is -0.860. The van der Waals surface area contributed by atoms with Crippen LogP contribution in [0.3, 0.4) is 0 Å². The SMILES string of the molecule is CC1(C)CCC(C)(C)c2cc(C(O)CO)ccc21. The maximum absolute atomic E-state index is 9.78. The molecule has 2 N–H and O–H groups in total. The highest BCUT2D eigenvalue weighted by Crippen LogP contribution is 2.46. The van der Waals surface area contributed by atoms with E-state index in [-0.39, 0.29) is 17.4 Å². The molecular formula is C16H24O2. The van der Waals surface area contributed by atoms with Crippen LogP contribution in [0.25, 0.3) is 0 Å². The molecule has 2 heteroatoms. The summed E-state index contributed by atoms with van der Waals surface area (Å²) in [7, 11) is 0. The molecule has 0 spiro atoms. The zero-order chi connectivity index (χ0) is 13.6. The fraction of sp³-hybridized carbons (Fsp3) is 0.625. The Kier molecular flexibility index (Phi) is 3.28. The zero-order valence-electron chi connectivity index (χ0n) is 11.8. The lowest BCUT2D eigenvalue weighted by atomic mass is 9.63. The predicted octanol–water partition coefficient (Wildman–Crippen LogP) is 3.06. The molecule has 2 nitrogen and oxygen atoms in total. The van der Waals surface area contributed by atoms with E-state index in [1.54, 1.807) is 0 Å². The first-order valence-corrected chi connectivity index (χ1v) is 6.72. The van der Waals surface area contributed by atoms with Crippen LogP contribution in [-0.2, 0) is 10.8 Å². The fourth-order valence-electron chi connectivity index (χ4n) is 2.92. The van der Waals surface area contributed by atoms with Crippen LogP contribution in [-0.4, -0.2) is 16.8 Å². The van der Waals surface area contributed by atoms with Crippen molar-refractivity contribution in [2.75, 3.05) is 6.61 Å². The minimum Gasteiger partial charge on any atom is -0.393 e. The lowest BCUT2D eigenvalue weighted by Crippen LogP contribution is -2.34. The first-order valence-electron chi connectivity index (χ1n) is 6.72. The summed E-state index contributed by atoms with van der Waals surface area (Å²) < 4.78 is 0. The van der Waals surface area contributed by atoms with E-state index in [4.69, 9.17) is 5.11 Å². The van der Waals surface area contributed by atoms with E-state index in [2.05, 4.69) is 39.8 Å². The minimum absolute atomic E-state index is 0.149. The van der Waals surface area contributed by atoms with Gasteiger partial charge in [-0.25, -0.2) is 0 Å². The summed E-state index contributed by atoms with van der Waals surface area (Å²) in [4.78, 5) is 0. The zero-order valence-corrected chi connectivity index (χ0v) is 11.8. The largest absolute Gasteiger partial charge is 0.393 e. The molecule has 0 saturated carbocycles. The number of fused-ring (bicyclic) bond motifs is 1. The van der Waals surface area contributed by atoms with E-state index >= 15 is 0 Å². The molecule has 1 aliphatic rings. The lowest BCUT2D eigenvalue weighted by molar-refractivity contribution is 0.0954. The average molecular weight is 248 g/mol. The highest BCUT2D eigenvalue weighted by atomic mass is 16.3. The molecule has 1 atom stereocenters. The molecule has 1 aromatic rings. The molecule has 0 radical (unpaired) electrons. The number of aliphatic hydroxyl groups excluding tert-OH is 2. The van der Waals surface area contributed by atoms with Gasteiger partial charge in [0.1, 0.15) is 6.10 Å². The summed E-state index contributed by atoms with van der Waals surface area (Å²) in [6.07, 6.45) is 1.58. The van der Waals surface area contributed by atoms with Gasteiger partial charge in [-0.05, 0) is 40.4 Å². The highest BCUT2D eigenvalue weighted by Gasteiger charge is 2.37. The van der Waals surface area contributed by atoms with Crippen LogP contribution in [0.4, 0.5) is 0 Å². The molecule has 0 heterocycles. The Bertz CT molecular complexity index is 446. The fourth-order valence-corrected chi connectivity index (χ4v) is 2.92. The van der Waals surface area contributed by atoms with E-state index in [0.29, 0.717) is 0 Å². The normalized spacial score (nSPS) is 22.3. The van der Waals surface area contributed by atoms with Crippen molar-refractivity contribution in [3.63, 3.8) is 0 Å². The number of aliphatic hydroxyl groups is 2. The molecule has 0 saturated heterocycles. The van der Waals surface area contributed by atoms with E-state index in [1.807, 2.05) is 6.07 Å². The number of benzene rings is 1. The van der Waals surface area contributed by atoms with Gasteiger partial charge in [-0.15, -0.1) is 0 Å². The number of hydrogen-bond donors (Lipinski definition) is 2. The van der Waals surface area contributed by atoms with Crippen molar-refractivity contribution >= 4 is 0 Å². The van der Waals surface area contributed by atoms with Crippen LogP contribution in [0, 0.1) is 0 Å². The Labute approximate surface area is 110 Å². The molecule has 0 bridgehead atoms. The second-order valence-electron chi connectivity index (χ2n) is 6.77. The minimum atomic E-state index is -0.767. The summed E-state index contributed by atoms with van der Waals surface area (Å²) >= 11 is 0. The van der Waals surface area contributed by atoms with Crippen molar-refractivity contribution in [3.05, 3.63) is 34.9 Å². The highest BCUT2D eigenvalue weighted by molar-refractivity contribution is 5.44. The van der Waals surface area contributed by atoms with Gasteiger partial charge in [-0.1, -0.05) is 45.9 Å². The Morgan fingerprint density at radius 1 is 1.06 bits per heavy atom. The summed E-state index contributed by atoms with van der Waals surface area (Å²) in [6.45, 7) is 8.86. The van der Waals surface area contributed by atoms with Gasteiger partial charge in [0.05, 0.1) is 6.61 Å². The molecule has 2 rings (SSSR count). The van der Waals surface area contributed by atoms with Gasteiger partial charge < -0.3 is 10.2 Å². The maximum atomic E-state index is 9.78. The molecule has 100 valence electrons. The monoisotopic (exact) mass is 248 g/mol. The van der Waals surface area contributed by atoms with Gasteiger partial charge in [-0.2, -0.15) is 0 Å². The topological polar surface area (TPSA) is 40.5 Å². The van der Waals surface area contributed by atoms with E-state index in [0.717, 1.165) is 12.0 Å². The quantitative estimate of drug-likeness (QED) is 0.844. The number of hydrogen-bond acceptors (Lipinski definition) is 2. The van der Waals surface area contributed by atoms with Crippen LogP contribution < -0.4 is 0 Å². The Morgan fingerprint density at radius 2 is 1.61 bits per heavy atom. The Morgan fingerprint density at radius 3 is 2.17 bits per heavy atom. The molecular weight excluding hydrogens is 224 g/mol. The van der Waals surface area contributed by atoms with Gasteiger partial charge in [0.25, 0.3) is 0 Å². The summed E-state index contributed by atoms with van der Waals surface area (Å²) in [5.74, 6) is 0. The lowest BCUT2D eigenvalue weighted by Gasteiger charge is -2.42. The van der Waals surface area contributed by atoms with Crippen molar-refractivity contribution in [2.45, 2.75) is 57.5 Å². The van der Waals surface area contributed by atoms with Crippen molar-refractivity contribution < 1.29 is 10.2 Å². The van der Waals surface area contributed by atoms with Crippen molar-refractivity contribution in [1.82, 2.24) is 0 Å². The van der Waals surface area contributed by atoms with Crippen molar-refractivity contribution in [2.24, 2.45) is 0 Å². The first-order chi connectivity index (χ1) is 8.28. The maximum Gasteiger partial charge on any atom is 0.102 e. The van der Waals surface area contributed by atoms with Crippen LogP contribution in [0.5, 0.6) is 0 Å². The number of rotatable bonds is 2. The van der Waals surface area contributed by atoms with Crippen molar-refractivity contribution in [1.29, 1.82) is 0 Å². The van der Waals surface area contributed by atoms with Gasteiger partial charge in [0, 0.05) is 0 Å². The molecule has 1 aliphatic carbocycles. The molecule has 0 amide bonds. The Balaban J connectivity index is 2.55.